The molecule has 0 spiro atoms. The summed E-state index contributed by atoms with van der Waals surface area (Å²) in [6.45, 7) is 0.167. The highest BCUT2D eigenvalue weighted by molar-refractivity contribution is 6.42. The van der Waals surface area contributed by atoms with Gasteiger partial charge in [-0.3, -0.25) is 4.79 Å². The summed E-state index contributed by atoms with van der Waals surface area (Å²) in [5, 5.41) is 6.38. The number of amides is 1. The molecule has 1 aromatic heterocycles. The van der Waals surface area contributed by atoms with Gasteiger partial charge in [-0.1, -0.05) is 77.8 Å². The lowest BCUT2D eigenvalue weighted by Gasteiger charge is -2.10. The smallest absolute Gasteiger partial charge is 0.260 e. The van der Waals surface area contributed by atoms with E-state index in [4.69, 9.17) is 23.2 Å². The Hall–Kier alpha value is -3.08. The zero-order chi connectivity index (χ0) is 20.2. The van der Waals surface area contributed by atoms with Crippen molar-refractivity contribution in [2.24, 2.45) is 5.10 Å². The molecule has 0 saturated heterocycles. The molecule has 1 amide bonds. The molecule has 0 aliphatic rings. The maximum absolute atomic E-state index is 12.6. The van der Waals surface area contributed by atoms with E-state index < -0.39 is 0 Å². The fourth-order valence-electron chi connectivity index (χ4n) is 3.12. The average molecular weight is 422 g/mol. The lowest BCUT2D eigenvalue weighted by atomic mass is 10.0. The van der Waals surface area contributed by atoms with Crippen molar-refractivity contribution in [2.75, 3.05) is 0 Å². The molecule has 0 aliphatic heterocycles. The molecule has 29 heavy (non-hydrogen) atoms. The van der Waals surface area contributed by atoms with Crippen LogP contribution in [0.2, 0.25) is 10.0 Å². The van der Waals surface area contributed by atoms with Crippen molar-refractivity contribution in [3.63, 3.8) is 0 Å². The lowest BCUT2D eigenvalue weighted by molar-refractivity contribution is -0.121. The molecule has 6 heteroatoms. The third-order valence-corrected chi connectivity index (χ3v) is 5.27. The third kappa shape index (κ3) is 4.34. The number of nitrogens with one attached hydrogen (secondary N) is 1. The number of hydrogen-bond acceptors (Lipinski definition) is 2. The normalized spacial score (nSPS) is 11.6. The molecule has 1 N–H and O–H groups in total. The predicted octanol–water partition coefficient (Wildman–Crippen LogP) is 5.52. The molecule has 0 saturated carbocycles. The summed E-state index contributed by atoms with van der Waals surface area (Å²) < 4.78 is 1.89. The zero-order valence-corrected chi connectivity index (χ0v) is 16.9. The molecule has 0 aliphatic carbocycles. The topological polar surface area (TPSA) is 46.4 Å². The van der Waals surface area contributed by atoms with E-state index in [1.807, 2.05) is 77.5 Å². The Balaban J connectivity index is 1.60. The first-order valence-corrected chi connectivity index (χ1v) is 9.78. The third-order valence-electron chi connectivity index (χ3n) is 4.53. The molecule has 1 heterocycles. The number of rotatable bonds is 5. The second-order valence-corrected chi connectivity index (χ2v) is 7.31. The fourth-order valence-corrected chi connectivity index (χ4v) is 3.42. The van der Waals surface area contributed by atoms with Gasteiger partial charge in [0.25, 0.3) is 5.91 Å². The van der Waals surface area contributed by atoms with Crippen molar-refractivity contribution in [3.05, 3.63) is 106 Å². The van der Waals surface area contributed by atoms with E-state index in [9.17, 15) is 4.79 Å². The molecule has 4 nitrogen and oxygen atoms in total. The number of halogens is 2. The Morgan fingerprint density at radius 2 is 1.62 bits per heavy atom. The SMILES string of the molecule is O=C(Cn1ccc2ccccc21)N/N=C(/c1ccccc1)c1ccc(Cl)c(Cl)c1. The van der Waals surface area contributed by atoms with Gasteiger partial charge in [0.05, 0.1) is 15.8 Å². The summed E-state index contributed by atoms with van der Waals surface area (Å²) >= 11 is 12.2. The van der Waals surface area contributed by atoms with Crippen LogP contribution in [0.5, 0.6) is 0 Å². The summed E-state index contributed by atoms with van der Waals surface area (Å²) in [5.74, 6) is -0.222. The Labute approximate surface area is 178 Å². The van der Waals surface area contributed by atoms with Gasteiger partial charge in [0.15, 0.2) is 0 Å². The lowest BCUT2D eigenvalue weighted by Crippen LogP contribution is -2.24. The summed E-state index contributed by atoms with van der Waals surface area (Å²) in [6.07, 6.45) is 1.89. The van der Waals surface area contributed by atoms with E-state index in [-0.39, 0.29) is 12.5 Å². The van der Waals surface area contributed by atoms with Gasteiger partial charge in [-0.25, -0.2) is 5.43 Å². The number of hydrogen-bond donors (Lipinski definition) is 1. The van der Waals surface area contributed by atoms with Crippen LogP contribution in [0.1, 0.15) is 11.1 Å². The maximum Gasteiger partial charge on any atom is 0.260 e. The minimum Gasteiger partial charge on any atom is -0.338 e. The van der Waals surface area contributed by atoms with Crippen LogP contribution in [-0.4, -0.2) is 16.2 Å². The highest BCUT2D eigenvalue weighted by Crippen LogP contribution is 2.24. The largest absolute Gasteiger partial charge is 0.338 e. The molecule has 4 rings (SSSR count). The minimum atomic E-state index is -0.222. The van der Waals surface area contributed by atoms with Crippen LogP contribution in [0, 0.1) is 0 Å². The van der Waals surface area contributed by atoms with Crippen molar-refractivity contribution in [2.45, 2.75) is 6.54 Å². The van der Waals surface area contributed by atoms with Gasteiger partial charge >= 0.3 is 0 Å². The van der Waals surface area contributed by atoms with Gasteiger partial charge in [-0.15, -0.1) is 0 Å². The van der Waals surface area contributed by atoms with Gasteiger partial charge in [0.2, 0.25) is 0 Å². The Morgan fingerprint density at radius 3 is 2.41 bits per heavy atom. The number of para-hydroxylation sites is 1. The number of hydrazone groups is 1. The number of carbonyl (C=O) groups excluding carboxylic acids is 1. The maximum atomic E-state index is 12.6. The van der Waals surface area contributed by atoms with E-state index in [0.717, 1.165) is 22.0 Å². The first kappa shape index (κ1) is 19.2. The summed E-state index contributed by atoms with van der Waals surface area (Å²) in [6, 6.07) is 24.8. The monoisotopic (exact) mass is 421 g/mol. The van der Waals surface area contributed by atoms with E-state index in [1.54, 1.807) is 12.1 Å². The van der Waals surface area contributed by atoms with Gasteiger partial charge in [-0.2, -0.15) is 5.10 Å². The molecule has 4 aromatic rings. The van der Waals surface area contributed by atoms with E-state index in [1.165, 1.54) is 0 Å². The Morgan fingerprint density at radius 1 is 0.862 bits per heavy atom. The summed E-state index contributed by atoms with van der Waals surface area (Å²) in [5.41, 5.74) is 5.90. The van der Waals surface area contributed by atoms with Crippen LogP contribution >= 0.6 is 23.2 Å². The molecule has 144 valence electrons. The predicted molar refractivity (Wildman–Crippen MR) is 119 cm³/mol. The molecule has 0 atom stereocenters. The Kier molecular flexibility index (Phi) is 5.65. The van der Waals surface area contributed by atoms with Crippen LogP contribution < -0.4 is 5.43 Å². The number of nitrogens with zero attached hydrogens (tertiary/aromatic N) is 2. The van der Waals surface area contributed by atoms with Gasteiger partial charge in [0, 0.05) is 22.8 Å². The van der Waals surface area contributed by atoms with Crippen molar-refractivity contribution in [1.29, 1.82) is 0 Å². The van der Waals surface area contributed by atoms with E-state index >= 15 is 0 Å². The zero-order valence-electron chi connectivity index (χ0n) is 15.3. The molecular weight excluding hydrogens is 405 g/mol. The molecule has 0 fully saturated rings. The fraction of sp³-hybridized carbons (Fsp3) is 0.0435. The van der Waals surface area contributed by atoms with Crippen LogP contribution in [0.15, 0.2) is 90.2 Å². The van der Waals surface area contributed by atoms with Crippen molar-refractivity contribution < 1.29 is 4.79 Å². The molecule has 0 unspecified atom stereocenters. The molecule has 0 bridgehead atoms. The number of fused-ring (bicyclic) bond motifs is 1. The molecule has 0 radical (unpaired) electrons. The quantitative estimate of drug-likeness (QED) is 0.334. The van der Waals surface area contributed by atoms with Gasteiger partial charge in [-0.05, 0) is 29.7 Å². The van der Waals surface area contributed by atoms with E-state index in [0.29, 0.717) is 15.8 Å². The van der Waals surface area contributed by atoms with Crippen LogP contribution in [0.3, 0.4) is 0 Å². The second kappa shape index (κ2) is 8.52. The number of carbonyl (C=O) groups is 1. The van der Waals surface area contributed by atoms with Crippen molar-refractivity contribution >= 4 is 45.7 Å². The van der Waals surface area contributed by atoms with Crippen molar-refractivity contribution in [1.82, 2.24) is 9.99 Å². The van der Waals surface area contributed by atoms with E-state index in [2.05, 4.69) is 10.5 Å². The van der Waals surface area contributed by atoms with Crippen molar-refractivity contribution in [3.8, 4) is 0 Å². The van der Waals surface area contributed by atoms with Crippen LogP contribution in [0.4, 0.5) is 0 Å². The molecule has 3 aromatic carbocycles. The first-order valence-electron chi connectivity index (χ1n) is 9.03. The van der Waals surface area contributed by atoms with Crippen LogP contribution in [0.25, 0.3) is 10.9 Å². The van der Waals surface area contributed by atoms with Crippen LogP contribution in [-0.2, 0) is 11.3 Å². The standard InChI is InChI=1S/C23H17Cl2N3O/c24-19-11-10-18(14-20(19)25)23(17-7-2-1-3-8-17)27-26-22(29)15-28-13-12-16-6-4-5-9-21(16)28/h1-14H,15H2,(H,26,29)/b27-23-. The van der Waals surface area contributed by atoms with Gasteiger partial charge in [0.1, 0.15) is 6.54 Å². The highest BCUT2D eigenvalue weighted by Gasteiger charge is 2.11. The second-order valence-electron chi connectivity index (χ2n) is 6.49. The summed E-state index contributed by atoms with van der Waals surface area (Å²) in [4.78, 5) is 12.6. The Bertz CT molecular complexity index is 1200. The molecular formula is C23H17Cl2N3O. The summed E-state index contributed by atoms with van der Waals surface area (Å²) in [7, 11) is 0. The minimum absolute atomic E-state index is 0.167. The average Bonchev–Trinajstić information content (AvgIpc) is 3.14. The highest BCUT2D eigenvalue weighted by atomic mass is 35.5. The van der Waals surface area contributed by atoms with Gasteiger partial charge < -0.3 is 4.57 Å². The number of benzene rings is 3. The number of aromatic nitrogens is 1. The first-order chi connectivity index (χ1) is 14.1.